The van der Waals surface area contributed by atoms with Crippen LogP contribution in [0.5, 0.6) is 0 Å². The van der Waals surface area contributed by atoms with E-state index >= 15 is 0 Å². The summed E-state index contributed by atoms with van der Waals surface area (Å²) in [6.07, 6.45) is 3.00. The summed E-state index contributed by atoms with van der Waals surface area (Å²) in [6.45, 7) is 0.570. The first-order valence-corrected chi connectivity index (χ1v) is 8.52. The molecule has 2 aromatic heterocycles. The van der Waals surface area contributed by atoms with Crippen molar-refractivity contribution in [1.29, 1.82) is 0 Å². The molecule has 0 saturated carbocycles. The van der Waals surface area contributed by atoms with E-state index in [1.807, 2.05) is 0 Å². The van der Waals surface area contributed by atoms with Gasteiger partial charge in [0.15, 0.2) is 0 Å². The van der Waals surface area contributed by atoms with Crippen molar-refractivity contribution in [3.05, 3.63) is 65.0 Å². The van der Waals surface area contributed by atoms with Crippen LogP contribution in [0.2, 0.25) is 5.15 Å². The van der Waals surface area contributed by atoms with Crippen LogP contribution in [0.25, 0.3) is 11.5 Å². The second-order valence-electron chi connectivity index (χ2n) is 5.95. The van der Waals surface area contributed by atoms with Crippen LogP contribution >= 0.6 is 11.6 Å². The summed E-state index contributed by atoms with van der Waals surface area (Å²) in [5.41, 5.74) is 0.689. The second-order valence-corrected chi connectivity index (χ2v) is 6.34. The van der Waals surface area contributed by atoms with Crippen molar-refractivity contribution in [3.63, 3.8) is 0 Å². The van der Waals surface area contributed by atoms with Crippen LogP contribution < -0.4 is 0 Å². The number of likely N-dealkylation sites (tertiary alicyclic amines) is 1. The number of pyridine rings is 1. The zero-order valence-electron chi connectivity index (χ0n) is 13.6. The van der Waals surface area contributed by atoms with Gasteiger partial charge in [-0.3, -0.25) is 4.79 Å². The quantitative estimate of drug-likeness (QED) is 0.652. The maximum atomic E-state index is 13.9. The van der Waals surface area contributed by atoms with Gasteiger partial charge in [-0.05, 0) is 37.1 Å². The van der Waals surface area contributed by atoms with Gasteiger partial charge in [-0.25, -0.2) is 9.37 Å². The lowest BCUT2D eigenvalue weighted by Gasteiger charge is -2.22. The van der Waals surface area contributed by atoms with Crippen molar-refractivity contribution in [3.8, 4) is 11.5 Å². The summed E-state index contributed by atoms with van der Waals surface area (Å²) in [5, 5.41) is 8.25. The SMILES string of the molecule is O=C(c1ccnc(Cl)c1)N1CCCC1c1nnc(-c2ccccc2F)o1. The van der Waals surface area contributed by atoms with Crippen molar-refractivity contribution in [2.45, 2.75) is 18.9 Å². The van der Waals surface area contributed by atoms with E-state index in [9.17, 15) is 9.18 Å². The highest BCUT2D eigenvalue weighted by Crippen LogP contribution is 2.34. The number of amides is 1. The highest BCUT2D eigenvalue weighted by molar-refractivity contribution is 6.29. The summed E-state index contributed by atoms with van der Waals surface area (Å²) in [4.78, 5) is 18.4. The number of halogens is 2. The lowest BCUT2D eigenvalue weighted by Crippen LogP contribution is -2.30. The monoisotopic (exact) mass is 372 g/mol. The lowest BCUT2D eigenvalue weighted by molar-refractivity contribution is 0.0716. The largest absolute Gasteiger partial charge is 0.418 e. The molecule has 8 heteroatoms. The Morgan fingerprint density at radius 3 is 2.92 bits per heavy atom. The van der Waals surface area contributed by atoms with Gasteiger partial charge in [0.25, 0.3) is 11.8 Å². The van der Waals surface area contributed by atoms with Gasteiger partial charge in [0.2, 0.25) is 5.89 Å². The molecular weight excluding hydrogens is 359 g/mol. The Morgan fingerprint density at radius 2 is 2.12 bits per heavy atom. The number of hydrogen-bond acceptors (Lipinski definition) is 5. The van der Waals surface area contributed by atoms with Crippen molar-refractivity contribution in [1.82, 2.24) is 20.1 Å². The molecule has 1 aliphatic heterocycles. The van der Waals surface area contributed by atoms with Gasteiger partial charge in [0.05, 0.1) is 5.56 Å². The van der Waals surface area contributed by atoms with Gasteiger partial charge in [0.1, 0.15) is 17.0 Å². The van der Waals surface area contributed by atoms with Crippen molar-refractivity contribution in [2.24, 2.45) is 0 Å². The van der Waals surface area contributed by atoms with Crippen LogP contribution in [0.3, 0.4) is 0 Å². The lowest BCUT2D eigenvalue weighted by atomic mass is 10.2. The van der Waals surface area contributed by atoms with Crippen LogP contribution in [0, 0.1) is 5.82 Å². The average molecular weight is 373 g/mol. The number of aromatic nitrogens is 3. The van der Waals surface area contributed by atoms with Crippen LogP contribution in [0.1, 0.15) is 35.1 Å². The maximum Gasteiger partial charge on any atom is 0.254 e. The summed E-state index contributed by atoms with van der Waals surface area (Å²) < 4.78 is 19.6. The third kappa shape index (κ3) is 3.06. The summed E-state index contributed by atoms with van der Waals surface area (Å²) in [6, 6.07) is 8.98. The van der Waals surface area contributed by atoms with Gasteiger partial charge < -0.3 is 9.32 Å². The normalized spacial score (nSPS) is 16.8. The fraction of sp³-hybridized carbons (Fsp3) is 0.222. The molecule has 1 atom stereocenters. The fourth-order valence-electron chi connectivity index (χ4n) is 3.08. The minimum absolute atomic E-state index is 0.101. The van der Waals surface area contributed by atoms with Gasteiger partial charge in [-0.2, -0.15) is 0 Å². The Morgan fingerprint density at radius 1 is 1.27 bits per heavy atom. The highest BCUT2D eigenvalue weighted by atomic mass is 35.5. The molecule has 0 spiro atoms. The van der Waals surface area contributed by atoms with E-state index in [2.05, 4.69) is 15.2 Å². The Hall–Kier alpha value is -2.80. The summed E-state index contributed by atoms with van der Waals surface area (Å²) >= 11 is 5.88. The van der Waals surface area contributed by atoms with E-state index in [1.54, 1.807) is 29.2 Å². The zero-order valence-corrected chi connectivity index (χ0v) is 14.4. The molecule has 1 saturated heterocycles. The summed E-state index contributed by atoms with van der Waals surface area (Å²) in [7, 11) is 0. The first kappa shape index (κ1) is 16.7. The second kappa shape index (κ2) is 6.84. The zero-order chi connectivity index (χ0) is 18.1. The van der Waals surface area contributed by atoms with E-state index in [0.29, 0.717) is 24.4 Å². The predicted octanol–water partition coefficient (Wildman–Crippen LogP) is 3.90. The Labute approximate surface area is 153 Å². The molecule has 0 aliphatic carbocycles. The Bertz CT molecular complexity index is 962. The molecule has 132 valence electrons. The molecule has 1 amide bonds. The molecule has 0 radical (unpaired) electrons. The molecule has 1 aliphatic rings. The molecule has 3 heterocycles. The molecule has 26 heavy (non-hydrogen) atoms. The Kier molecular flexibility index (Phi) is 4.38. The molecule has 3 aromatic rings. The van der Waals surface area contributed by atoms with Crippen molar-refractivity contribution < 1.29 is 13.6 Å². The molecule has 0 bridgehead atoms. The smallest absolute Gasteiger partial charge is 0.254 e. The first-order chi connectivity index (χ1) is 12.6. The standard InChI is InChI=1S/C18H14ClFN4O2/c19-15-10-11(7-8-21-15)18(25)24-9-3-6-14(24)17-23-22-16(26-17)12-4-1-2-5-13(12)20/h1-2,4-5,7-8,10,14H,3,6,9H2. The first-order valence-electron chi connectivity index (χ1n) is 8.14. The molecule has 0 N–H and O–H groups in total. The highest BCUT2D eigenvalue weighted by Gasteiger charge is 2.34. The molecule has 6 nitrogen and oxygen atoms in total. The van der Waals surface area contributed by atoms with Crippen LogP contribution in [-0.4, -0.2) is 32.5 Å². The van der Waals surface area contributed by atoms with Gasteiger partial charge in [0, 0.05) is 18.3 Å². The molecule has 1 fully saturated rings. The number of benzene rings is 1. The van der Waals surface area contributed by atoms with E-state index in [1.165, 1.54) is 18.3 Å². The number of carbonyl (C=O) groups excluding carboxylic acids is 1. The molecular formula is C18H14ClFN4O2. The van der Waals surface area contributed by atoms with Crippen LogP contribution in [0.15, 0.2) is 47.0 Å². The maximum absolute atomic E-state index is 13.9. The topological polar surface area (TPSA) is 72.1 Å². The number of hydrogen-bond donors (Lipinski definition) is 0. The minimum Gasteiger partial charge on any atom is -0.418 e. The van der Waals surface area contributed by atoms with Gasteiger partial charge in [-0.15, -0.1) is 10.2 Å². The van der Waals surface area contributed by atoms with E-state index in [0.717, 1.165) is 6.42 Å². The number of nitrogens with zero attached hydrogens (tertiary/aromatic N) is 4. The molecule has 1 unspecified atom stereocenters. The fourth-order valence-corrected chi connectivity index (χ4v) is 3.25. The molecule has 1 aromatic carbocycles. The Balaban J connectivity index is 1.61. The van der Waals surface area contributed by atoms with Gasteiger partial charge in [-0.1, -0.05) is 23.7 Å². The third-order valence-electron chi connectivity index (χ3n) is 4.32. The average Bonchev–Trinajstić information content (AvgIpc) is 3.30. The van der Waals surface area contributed by atoms with E-state index in [4.69, 9.17) is 16.0 Å². The van der Waals surface area contributed by atoms with Crippen molar-refractivity contribution >= 4 is 17.5 Å². The number of carbonyl (C=O) groups is 1. The van der Waals surface area contributed by atoms with E-state index < -0.39 is 5.82 Å². The van der Waals surface area contributed by atoms with Gasteiger partial charge >= 0.3 is 0 Å². The van der Waals surface area contributed by atoms with E-state index in [-0.39, 0.29) is 28.6 Å². The summed E-state index contributed by atoms with van der Waals surface area (Å²) in [5.74, 6) is -0.213. The third-order valence-corrected chi connectivity index (χ3v) is 4.52. The minimum atomic E-state index is -0.437. The number of rotatable bonds is 3. The van der Waals surface area contributed by atoms with Crippen molar-refractivity contribution in [2.75, 3.05) is 6.54 Å². The predicted molar refractivity (Wildman–Crippen MR) is 92.0 cm³/mol. The van der Waals surface area contributed by atoms with Crippen LogP contribution in [0.4, 0.5) is 4.39 Å². The van der Waals surface area contributed by atoms with Crippen LogP contribution in [-0.2, 0) is 0 Å². The molecule has 4 rings (SSSR count).